The first kappa shape index (κ1) is 10.6. The van der Waals surface area contributed by atoms with Gasteiger partial charge in [-0.2, -0.15) is 0 Å². The van der Waals surface area contributed by atoms with Gasteiger partial charge in [-0.15, -0.1) is 0 Å². The number of nitrogens with two attached hydrogens (primary N) is 1. The van der Waals surface area contributed by atoms with Crippen LogP contribution < -0.4 is 11.1 Å². The topological polar surface area (TPSA) is 64.1 Å². The largest absolute Gasteiger partial charge is 0.448 e. The monoisotopic (exact) mass is 209 g/mol. The van der Waals surface area contributed by atoms with Crippen molar-refractivity contribution in [2.75, 3.05) is 19.6 Å². The minimum Gasteiger partial charge on any atom is -0.448 e. The van der Waals surface area contributed by atoms with Gasteiger partial charge in [0.1, 0.15) is 6.26 Å². The molecule has 1 unspecified atom stereocenters. The summed E-state index contributed by atoms with van der Waals surface area (Å²) in [6.07, 6.45) is 6.09. The predicted molar refractivity (Wildman–Crippen MR) is 58.7 cm³/mol. The van der Waals surface area contributed by atoms with E-state index < -0.39 is 0 Å². The molecule has 2 rings (SSSR count). The lowest BCUT2D eigenvalue weighted by Gasteiger charge is -2.19. The number of hydrogen-bond donors (Lipinski definition) is 2. The van der Waals surface area contributed by atoms with Crippen LogP contribution in [0, 0.1) is 0 Å². The van der Waals surface area contributed by atoms with Crippen LogP contribution in [0.5, 0.6) is 0 Å². The summed E-state index contributed by atoms with van der Waals surface area (Å²) in [6.45, 7) is 2.83. The van der Waals surface area contributed by atoms with Gasteiger partial charge in [-0.25, -0.2) is 4.98 Å². The number of hydrogen-bond acceptors (Lipinski definition) is 4. The van der Waals surface area contributed by atoms with E-state index in [1.165, 1.54) is 12.8 Å². The Balaban J connectivity index is 1.93. The van der Waals surface area contributed by atoms with Crippen molar-refractivity contribution in [3.8, 4) is 0 Å². The van der Waals surface area contributed by atoms with E-state index in [1.54, 1.807) is 6.26 Å². The number of aromatic nitrogens is 1. The van der Waals surface area contributed by atoms with Crippen molar-refractivity contribution in [2.24, 2.45) is 5.73 Å². The summed E-state index contributed by atoms with van der Waals surface area (Å²) in [6, 6.07) is 0. The summed E-state index contributed by atoms with van der Waals surface area (Å²) in [5.41, 5.74) is 6.50. The van der Waals surface area contributed by atoms with Crippen LogP contribution in [-0.2, 0) is 6.42 Å². The van der Waals surface area contributed by atoms with Crippen LogP contribution in [0.2, 0.25) is 0 Å². The van der Waals surface area contributed by atoms with Crippen LogP contribution in [-0.4, -0.2) is 24.6 Å². The van der Waals surface area contributed by atoms with E-state index in [9.17, 15) is 0 Å². The zero-order valence-corrected chi connectivity index (χ0v) is 9.04. The molecule has 0 radical (unpaired) electrons. The number of rotatable bonds is 4. The molecule has 1 aromatic rings. The third-order valence-corrected chi connectivity index (χ3v) is 2.85. The van der Waals surface area contributed by atoms with Gasteiger partial charge in [0.2, 0.25) is 0 Å². The van der Waals surface area contributed by atoms with Crippen molar-refractivity contribution < 1.29 is 4.42 Å². The Morgan fingerprint density at radius 1 is 1.60 bits per heavy atom. The summed E-state index contributed by atoms with van der Waals surface area (Å²) >= 11 is 0. The first-order valence-electron chi connectivity index (χ1n) is 5.75. The van der Waals surface area contributed by atoms with Gasteiger partial charge in [-0.1, -0.05) is 0 Å². The number of piperidine rings is 1. The SMILES string of the molecule is NCCCc1coc(C2CCCNC2)n1. The molecule has 0 aromatic carbocycles. The maximum Gasteiger partial charge on any atom is 0.198 e. The maximum absolute atomic E-state index is 5.51. The Morgan fingerprint density at radius 2 is 2.53 bits per heavy atom. The maximum atomic E-state index is 5.51. The molecule has 0 aliphatic carbocycles. The molecule has 0 saturated carbocycles. The molecule has 84 valence electrons. The Labute approximate surface area is 90.2 Å². The molecule has 1 fully saturated rings. The minimum absolute atomic E-state index is 0.463. The zero-order chi connectivity index (χ0) is 10.5. The molecule has 0 amide bonds. The number of nitrogens with one attached hydrogen (secondary N) is 1. The van der Waals surface area contributed by atoms with E-state index in [0.717, 1.165) is 37.5 Å². The molecule has 15 heavy (non-hydrogen) atoms. The molecule has 4 heteroatoms. The van der Waals surface area contributed by atoms with Gasteiger partial charge in [-0.3, -0.25) is 0 Å². The molecule has 0 bridgehead atoms. The second kappa shape index (κ2) is 5.28. The Hall–Kier alpha value is -0.870. The van der Waals surface area contributed by atoms with Gasteiger partial charge in [0.25, 0.3) is 0 Å². The van der Waals surface area contributed by atoms with E-state index in [1.807, 2.05) is 0 Å². The van der Waals surface area contributed by atoms with Crippen LogP contribution >= 0.6 is 0 Å². The fourth-order valence-electron chi connectivity index (χ4n) is 1.97. The molecular weight excluding hydrogens is 190 g/mol. The zero-order valence-electron chi connectivity index (χ0n) is 9.04. The number of aryl methyl sites for hydroxylation is 1. The summed E-state index contributed by atoms with van der Waals surface area (Å²) < 4.78 is 5.51. The molecule has 1 aromatic heterocycles. The third-order valence-electron chi connectivity index (χ3n) is 2.85. The van der Waals surface area contributed by atoms with E-state index >= 15 is 0 Å². The van der Waals surface area contributed by atoms with Crippen molar-refractivity contribution in [3.63, 3.8) is 0 Å². The third kappa shape index (κ3) is 2.79. The van der Waals surface area contributed by atoms with Crippen molar-refractivity contribution in [1.82, 2.24) is 10.3 Å². The molecule has 1 aliphatic rings. The van der Waals surface area contributed by atoms with Crippen LogP contribution in [0.15, 0.2) is 10.7 Å². The van der Waals surface area contributed by atoms with Crippen LogP contribution in [0.3, 0.4) is 0 Å². The van der Waals surface area contributed by atoms with Crippen LogP contribution in [0.25, 0.3) is 0 Å². The summed E-state index contributed by atoms with van der Waals surface area (Å²) in [5.74, 6) is 1.36. The second-order valence-electron chi connectivity index (χ2n) is 4.11. The fourth-order valence-corrected chi connectivity index (χ4v) is 1.97. The van der Waals surface area contributed by atoms with Crippen molar-refractivity contribution >= 4 is 0 Å². The summed E-state index contributed by atoms with van der Waals surface area (Å²) in [5, 5.41) is 3.37. The Morgan fingerprint density at radius 3 is 3.27 bits per heavy atom. The van der Waals surface area contributed by atoms with Crippen LogP contribution in [0.4, 0.5) is 0 Å². The highest BCUT2D eigenvalue weighted by molar-refractivity contribution is 5.02. The Bertz CT molecular complexity index is 292. The highest BCUT2D eigenvalue weighted by atomic mass is 16.3. The van der Waals surface area contributed by atoms with E-state index in [4.69, 9.17) is 10.2 Å². The average Bonchev–Trinajstić information content (AvgIpc) is 2.76. The number of nitrogens with zero attached hydrogens (tertiary/aromatic N) is 1. The van der Waals surface area contributed by atoms with Gasteiger partial charge in [-0.05, 0) is 38.8 Å². The molecule has 1 saturated heterocycles. The lowest BCUT2D eigenvalue weighted by atomic mass is 10.00. The molecular formula is C11H19N3O. The van der Waals surface area contributed by atoms with Crippen molar-refractivity contribution in [3.05, 3.63) is 17.8 Å². The van der Waals surface area contributed by atoms with Gasteiger partial charge in [0, 0.05) is 12.5 Å². The van der Waals surface area contributed by atoms with Gasteiger partial charge in [0.05, 0.1) is 5.69 Å². The van der Waals surface area contributed by atoms with E-state index in [0.29, 0.717) is 12.5 Å². The number of oxazole rings is 1. The van der Waals surface area contributed by atoms with Gasteiger partial charge in [0.15, 0.2) is 5.89 Å². The first-order valence-corrected chi connectivity index (χ1v) is 5.75. The fraction of sp³-hybridized carbons (Fsp3) is 0.727. The highest BCUT2D eigenvalue weighted by Crippen LogP contribution is 2.22. The normalized spacial score (nSPS) is 21.8. The van der Waals surface area contributed by atoms with Crippen molar-refractivity contribution in [1.29, 1.82) is 0 Å². The quantitative estimate of drug-likeness (QED) is 0.777. The molecule has 1 atom stereocenters. The van der Waals surface area contributed by atoms with Crippen LogP contribution in [0.1, 0.15) is 36.8 Å². The molecule has 4 nitrogen and oxygen atoms in total. The molecule has 1 aliphatic heterocycles. The lowest BCUT2D eigenvalue weighted by molar-refractivity contribution is 0.376. The molecule has 0 spiro atoms. The Kier molecular flexibility index (Phi) is 3.75. The molecule has 3 N–H and O–H groups in total. The van der Waals surface area contributed by atoms with Gasteiger partial charge < -0.3 is 15.5 Å². The molecule has 2 heterocycles. The standard InChI is InChI=1S/C11H19N3O/c12-5-1-4-10-8-15-11(14-10)9-3-2-6-13-7-9/h8-9,13H,1-7,12H2. The van der Waals surface area contributed by atoms with E-state index in [-0.39, 0.29) is 0 Å². The minimum atomic E-state index is 0.463. The highest BCUT2D eigenvalue weighted by Gasteiger charge is 2.19. The van der Waals surface area contributed by atoms with E-state index in [2.05, 4.69) is 10.3 Å². The summed E-state index contributed by atoms with van der Waals surface area (Å²) in [4.78, 5) is 4.51. The first-order chi connectivity index (χ1) is 7.40. The predicted octanol–water partition coefficient (Wildman–Crippen LogP) is 1.03. The lowest BCUT2D eigenvalue weighted by Crippen LogP contribution is -2.28. The average molecular weight is 209 g/mol. The smallest absolute Gasteiger partial charge is 0.198 e. The van der Waals surface area contributed by atoms with Gasteiger partial charge >= 0.3 is 0 Å². The van der Waals surface area contributed by atoms with Crippen molar-refractivity contribution in [2.45, 2.75) is 31.6 Å². The summed E-state index contributed by atoms with van der Waals surface area (Å²) in [7, 11) is 0. The second-order valence-corrected chi connectivity index (χ2v) is 4.11.